The minimum atomic E-state index is 0.811. The number of methoxy groups -OCH3 is 1. The smallest absolute Gasteiger partial charge is 0.205 e. The molecule has 6 heteroatoms. The fraction of sp³-hybridized carbons (Fsp3) is 0.267. The summed E-state index contributed by atoms with van der Waals surface area (Å²) in [6.07, 6.45) is 0. The second-order valence-corrected chi connectivity index (χ2v) is 5.61. The zero-order valence-corrected chi connectivity index (χ0v) is 13.0. The number of benzene rings is 1. The summed E-state index contributed by atoms with van der Waals surface area (Å²) in [4.78, 5) is 4.57. The minimum Gasteiger partial charge on any atom is -0.497 e. The van der Waals surface area contributed by atoms with Crippen LogP contribution < -0.4 is 10.1 Å². The van der Waals surface area contributed by atoms with E-state index in [4.69, 9.17) is 4.74 Å². The van der Waals surface area contributed by atoms with Crippen molar-refractivity contribution in [3.8, 4) is 16.3 Å². The van der Waals surface area contributed by atoms with Gasteiger partial charge in [0.25, 0.3) is 0 Å². The van der Waals surface area contributed by atoms with Crippen LogP contribution in [0, 0.1) is 6.92 Å². The van der Waals surface area contributed by atoms with Crippen molar-refractivity contribution in [3.63, 3.8) is 0 Å². The topological polar surface area (TPSA) is 59.9 Å². The summed E-state index contributed by atoms with van der Waals surface area (Å²) in [5.74, 6) is 0.811. The Hall–Kier alpha value is -2.21. The average Bonchev–Trinajstić information content (AvgIpc) is 2.95. The van der Waals surface area contributed by atoms with Crippen LogP contribution in [0.15, 0.2) is 24.3 Å². The Morgan fingerprint density at radius 3 is 2.86 bits per heavy atom. The van der Waals surface area contributed by atoms with E-state index >= 15 is 0 Å². The van der Waals surface area contributed by atoms with Crippen LogP contribution in [0.3, 0.4) is 0 Å². The highest BCUT2D eigenvalue weighted by Gasteiger charge is 2.12. The van der Waals surface area contributed by atoms with Gasteiger partial charge >= 0.3 is 0 Å². The first-order valence-corrected chi connectivity index (χ1v) is 7.56. The Kier molecular flexibility index (Phi) is 3.70. The fourth-order valence-electron chi connectivity index (χ4n) is 2.20. The van der Waals surface area contributed by atoms with Crippen molar-refractivity contribution in [1.29, 1.82) is 0 Å². The molecule has 2 heterocycles. The van der Waals surface area contributed by atoms with E-state index in [1.165, 1.54) is 0 Å². The molecule has 0 radical (unpaired) electrons. The van der Waals surface area contributed by atoms with Gasteiger partial charge in [-0.25, -0.2) is 0 Å². The van der Waals surface area contributed by atoms with Crippen molar-refractivity contribution in [3.05, 3.63) is 30.0 Å². The van der Waals surface area contributed by atoms with Gasteiger partial charge in [0.1, 0.15) is 10.8 Å². The molecule has 0 amide bonds. The normalized spacial score (nSPS) is 10.8. The standard InChI is InChI=1S/C15H16N4OS/c1-4-16-15-19-18-14(21-15)12-7-9(2)17-13-6-5-10(20-3)8-11(12)13/h5-8H,4H2,1-3H3,(H,16,19). The molecule has 0 atom stereocenters. The van der Waals surface area contributed by atoms with Crippen LogP contribution >= 0.6 is 11.3 Å². The van der Waals surface area contributed by atoms with E-state index in [0.717, 1.165) is 44.6 Å². The lowest BCUT2D eigenvalue weighted by Crippen LogP contribution is -1.94. The second kappa shape index (κ2) is 5.65. The van der Waals surface area contributed by atoms with E-state index in [1.807, 2.05) is 38.1 Å². The van der Waals surface area contributed by atoms with Gasteiger partial charge < -0.3 is 10.1 Å². The van der Waals surface area contributed by atoms with Gasteiger partial charge in [-0.05, 0) is 38.1 Å². The van der Waals surface area contributed by atoms with E-state index in [-0.39, 0.29) is 0 Å². The maximum absolute atomic E-state index is 5.31. The summed E-state index contributed by atoms with van der Waals surface area (Å²) < 4.78 is 5.31. The maximum Gasteiger partial charge on any atom is 0.205 e. The predicted octanol–water partition coefficient (Wildman–Crippen LogP) is 3.50. The Balaban J connectivity index is 2.18. The lowest BCUT2D eigenvalue weighted by Gasteiger charge is -2.07. The molecule has 0 aliphatic heterocycles. The summed E-state index contributed by atoms with van der Waals surface area (Å²) in [5, 5.41) is 14.4. The number of nitrogens with zero attached hydrogens (tertiary/aromatic N) is 3. The van der Waals surface area contributed by atoms with Gasteiger partial charge in [0.05, 0.1) is 12.6 Å². The van der Waals surface area contributed by atoms with Crippen molar-refractivity contribution in [2.24, 2.45) is 0 Å². The minimum absolute atomic E-state index is 0.811. The van der Waals surface area contributed by atoms with Crippen molar-refractivity contribution < 1.29 is 4.74 Å². The van der Waals surface area contributed by atoms with Crippen molar-refractivity contribution in [2.45, 2.75) is 13.8 Å². The van der Waals surface area contributed by atoms with Gasteiger partial charge in [0, 0.05) is 23.2 Å². The van der Waals surface area contributed by atoms with Crippen LogP contribution in [-0.4, -0.2) is 28.8 Å². The van der Waals surface area contributed by atoms with E-state index in [0.29, 0.717) is 0 Å². The van der Waals surface area contributed by atoms with Gasteiger partial charge in [-0.3, -0.25) is 4.98 Å². The van der Waals surface area contributed by atoms with Crippen LogP contribution in [0.5, 0.6) is 5.75 Å². The van der Waals surface area contributed by atoms with Gasteiger partial charge in [-0.1, -0.05) is 11.3 Å². The molecular formula is C15H16N4OS. The van der Waals surface area contributed by atoms with Crippen LogP contribution in [0.4, 0.5) is 5.13 Å². The predicted molar refractivity (Wildman–Crippen MR) is 86.1 cm³/mol. The number of fused-ring (bicyclic) bond motifs is 1. The molecule has 108 valence electrons. The quantitative estimate of drug-likeness (QED) is 0.799. The summed E-state index contributed by atoms with van der Waals surface area (Å²) in [6.45, 7) is 4.86. The number of aryl methyl sites for hydroxylation is 1. The first-order chi connectivity index (χ1) is 10.2. The second-order valence-electron chi connectivity index (χ2n) is 4.64. The summed E-state index contributed by atoms with van der Waals surface area (Å²) in [6, 6.07) is 7.92. The Morgan fingerprint density at radius 2 is 2.10 bits per heavy atom. The molecule has 3 rings (SSSR count). The van der Waals surface area contributed by atoms with E-state index in [9.17, 15) is 0 Å². The number of nitrogens with one attached hydrogen (secondary N) is 1. The lowest BCUT2D eigenvalue weighted by molar-refractivity contribution is 0.415. The Morgan fingerprint density at radius 1 is 1.24 bits per heavy atom. The van der Waals surface area contributed by atoms with Crippen molar-refractivity contribution >= 4 is 27.4 Å². The number of ether oxygens (including phenoxy) is 1. The molecule has 0 saturated carbocycles. The highest BCUT2D eigenvalue weighted by Crippen LogP contribution is 2.33. The summed E-state index contributed by atoms with van der Waals surface area (Å²) >= 11 is 1.55. The van der Waals surface area contributed by atoms with Crippen LogP contribution in [-0.2, 0) is 0 Å². The first kappa shape index (κ1) is 13.8. The Bertz CT molecular complexity index is 784. The van der Waals surface area contributed by atoms with E-state index in [2.05, 4.69) is 20.5 Å². The van der Waals surface area contributed by atoms with Crippen LogP contribution in [0.25, 0.3) is 21.5 Å². The molecule has 0 bridgehead atoms. The molecular weight excluding hydrogens is 284 g/mol. The average molecular weight is 300 g/mol. The molecule has 0 saturated heterocycles. The lowest BCUT2D eigenvalue weighted by atomic mass is 10.1. The van der Waals surface area contributed by atoms with Crippen LogP contribution in [0.2, 0.25) is 0 Å². The zero-order valence-electron chi connectivity index (χ0n) is 12.2. The number of hydrogen-bond donors (Lipinski definition) is 1. The molecule has 1 aromatic carbocycles. The molecule has 0 aliphatic carbocycles. The van der Waals surface area contributed by atoms with Gasteiger partial charge in [0.2, 0.25) is 5.13 Å². The molecule has 0 aliphatic rings. The van der Waals surface area contributed by atoms with Crippen molar-refractivity contribution in [2.75, 3.05) is 19.0 Å². The molecule has 2 aromatic heterocycles. The highest BCUT2D eigenvalue weighted by molar-refractivity contribution is 7.18. The number of anilines is 1. The van der Waals surface area contributed by atoms with E-state index < -0.39 is 0 Å². The molecule has 0 unspecified atom stereocenters. The largest absolute Gasteiger partial charge is 0.497 e. The monoisotopic (exact) mass is 300 g/mol. The number of rotatable bonds is 4. The number of hydrogen-bond acceptors (Lipinski definition) is 6. The van der Waals surface area contributed by atoms with Gasteiger partial charge in [-0.2, -0.15) is 0 Å². The third kappa shape index (κ3) is 2.67. The van der Waals surface area contributed by atoms with Crippen molar-refractivity contribution in [1.82, 2.24) is 15.2 Å². The fourth-order valence-corrected chi connectivity index (χ4v) is 3.04. The number of pyridine rings is 1. The Labute approximate surface area is 127 Å². The molecule has 1 N–H and O–H groups in total. The third-order valence-corrected chi connectivity index (χ3v) is 4.04. The van der Waals surface area contributed by atoms with Gasteiger partial charge in [0.15, 0.2) is 0 Å². The SMILES string of the molecule is CCNc1nnc(-c2cc(C)nc3ccc(OC)cc23)s1. The molecule has 21 heavy (non-hydrogen) atoms. The maximum atomic E-state index is 5.31. The molecule has 5 nitrogen and oxygen atoms in total. The molecule has 3 aromatic rings. The summed E-state index contributed by atoms with van der Waals surface area (Å²) in [7, 11) is 1.66. The summed E-state index contributed by atoms with van der Waals surface area (Å²) in [5.41, 5.74) is 2.94. The van der Waals surface area contributed by atoms with Gasteiger partial charge in [-0.15, -0.1) is 10.2 Å². The first-order valence-electron chi connectivity index (χ1n) is 6.74. The molecule has 0 spiro atoms. The highest BCUT2D eigenvalue weighted by atomic mass is 32.1. The zero-order chi connectivity index (χ0) is 14.8. The number of aromatic nitrogens is 3. The van der Waals surface area contributed by atoms with E-state index in [1.54, 1.807) is 18.4 Å². The van der Waals surface area contributed by atoms with Crippen LogP contribution in [0.1, 0.15) is 12.6 Å². The third-order valence-electron chi connectivity index (χ3n) is 3.13. The molecule has 0 fully saturated rings.